The molecule has 3 rings (SSSR count). The Morgan fingerprint density at radius 2 is 1.88 bits per heavy atom. The largest absolute Gasteiger partial charge is 0.289 e. The van der Waals surface area contributed by atoms with Crippen LogP contribution >= 0.6 is 0 Å². The maximum Gasteiger partial charge on any atom is 0.0543 e. The molecule has 1 aliphatic rings. The summed E-state index contributed by atoms with van der Waals surface area (Å²) < 4.78 is 0. The molecule has 0 heterocycles. The Morgan fingerprint density at radius 3 is 2.65 bits per heavy atom. The van der Waals surface area contributed by atoms with E-state index in [4.69, 9.17) is 0 Å². The fourth-order valence-corrected chi connectivity index (χ4v) is 3.60. The zero-order chi connectivity index (χ0) is 18.4. The Balaban J connectivity index is 1.76. The van der Waals surface area contributed by atoms with Gasteiger partial charge in [0, 0.05) is 25.3 Å². The van der Waals surface area contributed by atoms with Gasteiger partial charge in [-0.2, -0.15) is 0 Å². The molecule has 4 nitrogen and oxygen atoms in total. The lowest BCUT2D eigenvalue weighted by Gasteiger charge is -2.23. The molecule has 1 aliphatic carbocycles. The molecule has 0 atom stereocenters. The van der Waals surface area contributed by atoms with E-state index in [0.29, 0.717) is 12.2 Å². The van der Waals surface area contributed by atoms with Gasteiger partial charge in [-0.15, -0.1) is 4.91 Å². The van der Waals surface area contributed by atoms with E-state index in [1.54, 1.807) is 0 Å². The molecule has 1 N–H and O–H groups in total. The molecule has 0 aliphatic heterocycles. The first-order chi connectivity index (χ1) is 12.7. The average Bonchev–Trinajstić information content (AvgIpc) is 3.09. The molecule has 26 heavy (non-hydrogen) atoms. The van der Waals surface area contributed by atoms with Gasteiger partial charge in [0.05, 0.1) is 5.29 Å². The highest BCUT2D eigenvalue weighted by Crippen LogP contribution is 2.24. The summed E-state index contributed by atoms with van der Waals surface area (Å²) >= 11 is 0. The van der Waals surface area contributed by atoms with Crippen LogP contribution in [0.2, 0.25) is 0 Å². The maximum absolute atomic E-state index is 10.5. The van der Waals surface area contributed by atoms with E-state index in [1.165, 1.54) is 41.5 Å². The lowest BCUT2D eigenvalue weighted by Crippen LogP contribution is -2.28. The number of hydrogen-bond acceptors (Lipinski definition) is 3. The predicted molar refractivity (Wildman–Crippen MR) is 107 cm³/mol. The summed E-state index contributed by atoms with van der Waals surface area (Å²) in [6, 6.07) is 15.1. The second kappa shape index (κ2) is 8.59. The third kappa shape index (κ3) is 4.67. The quantitative estimate of drug-likeness (QED) is 0.532. The number of aryl methyl sites for hydroxylation is 2. The summed E-state index contributed by atoms with van der Waals surface area (Å²) in [5.74, 6) is 0. The highest BCUT2D eigenvalue weighted by atomic mass is 16.3. The van der Waals surface area contributed by atoms with Crippen molar-refractivity contribution in [1.29, 1.82) is 0 Å². The van der Waals surface area contributed by atoms with Crippen molar-refractivity contribution >= 4 is 6.08 Å². The molecule has 0 aromatic heterocycles. The summed E-state index contributed by atoms with van der Waals surface area (Å²) in [6.45, 7) is 9.85. The van der Waals surface area contributed by atoms with Crippen molar-refractivity contribution in [2.75, 3.05) is 6.54 Å². The SMILES string of the molecule is C=Cc1cccc(CN(CC(=C)NN=O)Cc2ccc3c(c2)CCC3)c1. The second-order valence-corrected chi connectivity index (χ2v) is 6.86. The van der Waals surface area contributed by atoms with Crippen molar-refractivity contribution in [3.05, 3.63) is 94.0 Å². The molecule has 0 radical (unpaired) electrons. The van der Waals surface area contributed by atoms with E-state index in [9.17, 15) is 4.91 Å². The molecule has 0 unspecified atom stereocenters. The number of hydrogen-bond donors (Lipinski definition) is 1. The fourth-order valence-electron chi connectivity index (χ4n) is 3.60. The summed E-state index contributed by atoms with van der Waals surface area (Å²) in [6.07, 6.45) is 5.47. The van der Waals surface area contributed by atoms with E-state index in [2.05, 4.69) is 59.1 Å². The molecular weight excluding hydrogens is 322 g/mol. The Morgan fingerprint density at radius 1 is 1.12 bits per heavy atom. The van der Waals surface area contributed by atoms with Gasteiger partial charge in [0.25, 0.3) is 0 Å². The first kappa shape index (κ1) is 18.1. The van der Waals surface area contributed by atoms with Gasteiger partial charge in [-0.25, -0.2) is 5.43 Å². The van der Waals surface area contributed by atoms with E-state index >= 15 is 0 Å². The lowest BCUT2D eigenvalue weighted by molar-refractivity contribution is 0.274. The monoisotopic (exact) mass is 347 g/mol. The molecule has 0 saturated carbocycles. The van der Waals surface area contributed by atoms with Crippen molar-refractivity contribution < 1.29 is 0 Å². The molecule has 0 fully saturated rings. The van der Waals surface area contributed by atoms with Crippen LogP contribution in [0.25, 0.3) is 6.08 Å². The highest BCUT2D eigenvalue weighted by Gasteiger charge is 2.14. The van der Waals surface area contributed by atoms with Gasteiger partial charge in [0.15, 0.2) is 0 Å². The van der Waals surface area contributed by atoms with Crippen LogP contribution in [0.4, 0.5) is 0 Å². The fraction of sp³-hybridized carbons (Fsp3) is 0.273. The summed E-state index contributed by atoms with van der Waals surface area (Å²) in [4.78, 5) is 12.7. The van der Waals surface area contributed by atoms with Crippen LogP contribution in [0.15, 0.2) is 66.6 Å². The number of fused-ring (bicyclic) bond motifs is 1. The average molecular weight is 347 g/mol. The summed E-state index contributed by atoms with van der Waals surface area (Å²) in [5, 5.41) is 2.74. The number of nitrogens with one attached hydrogen (secondary N) is 1. The van der Waals surface area contributed by atoms with Crippen LogP contribution in [-0.4, -0.2) is 11.4 Å². The molecule has 0 spiro atoms. The first-order valence-corrected chi connectivity index (χ1v) is 8.98. The van der Waals surface area contributed by atoms with Crippen molar-refractivity contribution in [2.45, 2.75) is 32.4 Å². The third-order valence-corrected chi connectivity index (χ3v) is 4.78. The predicted octanol–water partition coefficient (Wildman–Crippen LogP) is 4.61. The van der Waals surface area contributed by atoms with Crippen LogP contribution in [0.1, 0.15) is 34.2 Å². The van der Waals surface area contributed by atoms with Crippen molar-refractivity contribution in [3.63, 3.8) is 0 Å². The summed E-state index contributed by atoms with van der Waals surface area (Å²) in [7, 11) is 0. The maximum atomic E-state index is 10.5. The molecule has 0 amide bonds. The minimum atomic E-state index is 0.557. The minimum Gasteiger partial charge on any atom is -0.289 e. The van der Waals surface area contributed by atoms with E-state index < -0.39 is 0 Å². The van der Waals surface area contributed by atoms with Gasteiger partial charge in [-0.1, -0.05) is 61.7 Å². The standard InChI is InChI=1S/C22H25N3O/c1-3-18-6-4-7-19(12-18)15-25(14-17(2)23-24-26)16-20-10-11-21-8-5-9-22(21)13-20/h3-4,6-7,10-13H,1-2,5,8-9,14-16H2,(H,23,26). The van der Waals surface area contributed by atoms with Crippen LogP contribution < -0.4 is 5.43 Å². The Hall–Kier alpha value is -2.72. The van der Waals surface area contributed by atoms with Crippen molar-refractivity contribution in [1.82, 2.24) is 10.3 Å². The van der Waals surface area contributed by atoms with Gasteiger partial charge in [0.1, 0.15) is 0 Å². The van der Waals surface area contributed by atoms with Crippen molar-refractivity contribution in [2.24, 2.45) is 5.29 Å². The molecular formula is C22H25N3O. The van der Waals surface area contributed by atoms with Crippen LogP contribution in [0.5, 0.6) is 0 Å². The Bertz CT molecular complexity index is 813. The van der Waals surface area contributed by atoms with Gasteiger partial charge in [-0.05, 0) is 47.1 Å². The smallest absolute Gasteiger partial charge is 0.0543 e. The van der Waals surface area contributed by atoms with E-state index in [0.717, 1.165) is 18.7 Å². The minimum absolute atomic E-state index is 0.557. The zero-order valence-electron chi connectivity index (χ0n) is 15.1. The summed E-state index contributed by atoms with van der Waals surface area (Å²) in [5.41, 5.74) is 9.58. The second-order valence-electron chi connectivity index (χ2n) is 6.86. The van der Waals surface area contributed by atoms with Crippen molar-refractivity contribution in [3.8, 4) is 0 Å². The number of nitroso groups, excluding NO2 is 1. The number of benzene rings is 2. The molecule has 0 saturated heterocycles. The third-order valence-electron chi connectivity index (χ3n) is 4.78. The van der Waals surface area contributed by atoms with Gasteiger partial charge < -0.3 is 0 Å². The Labute approximate surface area is 155 Å². The normalized spacial score (nSPS) is 12.7. The lowest BCUT2D eigenvalue weighted by atomic mass is 10.1. The van der Waals surface area contributed by atoms with Gasteiger partial charge in [-0.3, -0.25) is 4.90 Å². The molecule has 2 aromatic rings. The molecule has 134 valence electrons. The van der Waals surface area contributed by atoms with Crippen LogP contribution in [0, 0.1) is 4.91 Å². The molecule has 2 aromatic carbocycles. The first-order valence-electron chi connectivity index (χ1n) is 8.98. The van der Waals surface area contributed by atoms with Crippen LogP contribution in [0.3, 0.4) is 0 Å². The molecule has 4 heteroatoms. The number of nitrogens with zero attached hydrogens (tertiary/aromatic N) is 2. The van der Waals surface area contributed by atoms with Gasteiger partial charge in [0.2, 0.25) is 0 Å². The molecule has 0 bridgehead atoms. The van der Waals surface area contributed by atoms with E-state index in [-0.39, 0.29) is 0 Å². The van der Waals surface area contributed by atoms with Crippen LogP contribution in [-0.2, 0) is 25.9 Å². The zero-order valence-corrected chi connectivity index (χ0v) is 15.1. The Kier molecular flexibility index (Phi) is 5.97. The van der Waals surface area contributed by atoms with Gasteiger partial charge >= 0.3 is 0 Å². The number of rotatable bonds is 9. The topological polar surface area (TPSA) is 44.7 Å². The highest BCUT2D eigenvalue weighted by molar-refractivity contribution is 5.47. The van der Waals surface area contributed by atoms with E-state index in [1.807, 2.05) is 18.2 Å².